The van der Waals surface area contributed by atoms with E-state index in [0.29, 0.717) is 0 Å². The van der Waals surface area contributed by atoms with Crippen LogP contribution in [0.4, 0.5) is 14.6 Å². The molecule has 0 unspecified atom stereocenters. The SMILES string of the molecule is NCc1ccc(C(F)F)c([N+](=O)[O-])n1. The first-order valence-electron chi connectivity index (χ1n) is 3.68. The highest BCUT2D eigenvalue weighted by Gasteiger charge is 2.23. The largest absolute Gasteiger partial charge is 0.372 e. The van der Waals surface area contributed by atoms with Crippen molar-refractivity contribution >= 4 is 5.82 Å². The molecule has 0 atom stereocenters. The van der Waals surface area contributed by atoms with Gasteiger partial charge in [0.1, 0.15) is 5.56 Å². The molecular weight excluding hydrogens is 196 g/mol. The van der Waals surface area contributed by atoms with Crippen molar-refractivity contribution in [1.82, 2.24) is 4.98 Å². The first-order valence-corrected chi connectivity index (χ1v) is 3.68. The summed E-state index contributed by atoms with van der Waals surface area (Å²) < 4.78 is 24.5. The Labute approximate surface area is 77.7 Å². The van der Waals surface area contributed by atoms with Crippen LogP contribution in [0.3, 0.4) is 0 Å². The van der Waals surface area contributed by atoms with E-state index < -0.39 is 22.7 Å². The first-order chi connectivity index (χ1) is 6.56. The lowest BCUT2D eigenvalue weighted by Crippen LogP contribution is -2.05. The molecule has 0 saturated heterocycles. The molecule has 76 valence electrons. The third-order valence-corrected chi connectivity index (χ3v) is 1.58. The quantitative estimate of drug-likeness (QED) is 0.594. The van der Waals surface area contributed by atoms with Gasteiger partial charge in [0, 0.05) is 0 Å². The summed E-state index contributed by atoms with van der Waals surface area (Å²) in [5.74, 6) is -0.831. The summed E-state index contributed by atoms with van der Waals surface area (Å²) >= 11 is 0. The van der Waals surface area contributed by atoms with E-state index >= 15 is 0 Å². The van der Waals surface area contributed by atoms with Crippen LogP contribution in [0.5, 0.6) is 0 Å². The minimum atomic E-state index is -2.91. The second kappa shape index (κ2) is 4.05. The monoisotopic (exact) mass is 203 g/mol. The van der Waals surface area contributed by atoms with E-state index in [1.165, 1.54) is 6.07 Å². The Morgan fingerprint density at radius 2 is 2.21 bits per heavy atom. The fraction of sp³-hybridized carbons (Fsp3) is 0.286. The number of alkyl halides is 2. The smallest absolute Gasteiger partial charge is 0.358 e. The summed E-state index contributed by atoms with van der Waals surface area (Å²) in [6, 6.07) is 2.21. The van der Waals surface area contributed by atoms with E-state index in [1.807, 2.05) is 0 Å². The number of nitrogens with two attached hydrogens (primary N) is 1. The van der Waals surface area contributed by atoms with Gasteiger partial charge in [0.05, 0.1) is 6.54 Å². The molecule has 1 rings (SSSR count). The number of hydrogen-bond acceptors (Lipinski definition) is 4. The molecule has 0 saturated carbocycles. The highest BCUT2D eigenvalue weighted by molar-refractivity contribution is 5.34. The first kappa shape index (κ1) is 10.5. The predicted octanol–water partition coefficient (Wildman–Crippen LogP) is 1.39. The summed E-state index contributed by atoms with van der Waals surface area (Å²) in [5.41, 5.74) is 4.69. The summed E-state index contributed by atoms with van der Waals surface area (Å²) in [5, 5.41) is 10.4. The molecule has 1 heterocycles. The average molecular weight is 203 g/mol. The maximum Gasteiger partial charge on any atom is 0.372 e. The highest BCUT2D eigenvalue weighted by Crippen LogP contribution is 2.26. The van der Waals surface area contributed by atoms with Crippen molar-refractivity contribution in [2.24, 2.45) is 5.73 Å². The molecule has 0 bridgehead atoms. The van der Waals surface area contributed by atoms with Crippen LogP contribution in [-0.4, -0.2) is 9.91 Å². The Balaban J connectivity index is 3.24. The van der Waals surface area contributed by atoms with Gasteiger partial charge in [-0.2, -0.15) is 0 Å². The zero-order valence-electron chi connectivity index (χ0n) is 6.98. The fourth-order valence-corrected chi connectivity index (χ4v) is 0.929. The molecule has 0 aliphatic rings. The number of rotatable bonds is 3. The standard InChI is InChI=1S/C7H7F2N3O2/c8-6(9)5-2-1-4(3-10)11-7(5)12(13)14/h1-2,6H,3,10H2. The van der Waals surface area contributed by atoms with Crippen LogP contribution in [0, 0.1) is 10.1 Å². The van der Waals surface area contributed by atoms with Gasteiger partial charge in [0.2, 0.25) is 0 Å². The van der Waals surface area contributed by atoms with E-state index in [0.717, 1.165) is 6.07 Å². The molecule has 0 amide bonds. The second-order valence-electron chi connectivity index (χ2n) is 2.48. The van der Waals surface area contributed by atoms with Crippen LogP contribution >= 0.6 is 0 Å². The normalized spacial score (nSPS) is 10.6. The lowest BCUT2D eigenvalue weighted by Gasteiger charge is -2.01. The summed E-state index contributed by atoms with van der Waals surface area (Å²) in [6.45, 7) is -0.0235. The van der Waals surface area contributed by atoms with Crippen molar-refractivity contribution in [1.29, 1.82) is 0 Å². The van der Waals surface area contributed by atoms with E-state index in [4.69, 9.17) is 5.73 Å². The number of pyridine rings is 1. The molecular formula is C7H7F2N3O2. The maximum atomic E-state index is 12.2. The van der Waals surface area contributed by atoms with Crippen molar-refractivity contribution in [3.05, 3.63) is 33.5 Å². The second-order valence-corrected chi connectivity index (χ2v) is 2.48. The van der Waals surface area contributed by atoms with Gasteiger partial charge in [-0.25, -0.2) is 8.78 Å². The minimum absolute atomic E-state index is 0.0235. The minimum Gasteiger partial charge on any atom is -0.358 e. The Morgan fingerprint density at radius 1 is 1.57 bits per heavy atom. The van der Waals surface area contributed by atoms with Gasteiger partial charge >= 0.3 is 5.82 Å². The Bertz CT molecular complexity index is 357. The Morgan fingerprint density at radius 3 is 2.64 bits per heavy atom. The third-order valence-electron chi connectivity index (χ3n) is 1.58. The third kappa shape index (κ3) is 1.99. The molecule has 1 aromatic heterocycles. The van der Waals surface area contributed by atoms with Gasteiger partial charge < -0.3 is 15.8 Å². The average Bonchev–Trinajstić information content (AvgIpc) is 2.16. The molecule has 1 aromatic rings. The topological polar surface area (TPSA) is 82.0 Å². The van der Waals surface area contributed by atoms with Crippen LogP contribution < -0.4 is 5.73 Å². The fourth-order valence-electron chi connectivity index (χ4n) is 0.929. The molecule has 0 aliphatic heterocycles. The van der Waals surface area contributed by atoms with Gasteiger partial charge in [0.25, 0.3) is 6.43 Å². The number of hydrogen-bond donors (Lipinski definition) is 1. The summed E-state index contributed by atoms with van der Waals surface area (Å²) in [6.07, 6.45) is -2.91. The molecule has 5 nitrogen and oxygen atoms in total. The molecule has 0 spiro atoms. The van der Waals surface area contributed by atoms with Crippen molar-refractivity contribution in [2.75, 3.05) is 0 Å². The van der Waals surface area contributed by atoms with Crippen molar-refractivity contribution in [3.63, 3.8) is 0 Å². The number of aromatic nitrogens is 1. The van der Waals surface area contributed by atoms with Gasteiger partial charge in [-0.1, -0.05) is 0 Å². The molecule has 0 radical (unpaired) electrons. The van der Waals surface area contributed by atoms with Crippen molar-refractivity contribution in [2.45, 2.75) is 13.0 Å². The van der Waals surface area contributed by atoms with Gasteiger partial charge in [-0.3, -0.25) is 0 Å². The maximum absolute atomic E-state index is 12.2. The summed E-state index contributed by atoms with van der Waals surface area (Å²) in [7, 11) is 0. The van der Waals surface area contributed by atoms with Crippen LogP contribution in [0.25, 0.3) is 0 Å². The predicted molar refractivity (Wildman–Crippen MR) is 43.7 cm³/mol. The molecule has 14 heavy (non-hydrogen) atoms. The van der Waals surface area contributed by atoms with Gasteiger partial charge in [-0.15, -0.1) is 0 Å². The molecule has 0 aromatic carbocycles. The summed E-state index contributed by atoms with van der Waals surface area (Å²) in [4.78, 5) is 12.8. The lowest BCUT2D eigenvalue weighted by molar-refractivity contribution is -0.391. The molecule has 2 N–H and O–H groups in total. The van der Waals surface area contributed by atoms with Crippen molar-refractivity contribution < 1.29 is 13.7 Å². The highest BCUT2D eigenvalue weighted by atomic mass is 19.3. The van der Waals surface area contributed by atoms with E-state index in [9.17, 15) is 18.9 Å². The number of halogens is 2. The molecule has 7 heteroatoms. The zero-order valence-corrected chi connectivity index (χ0v) is 6.98. The molecule has 0 fully saturated rings. The lowest BCUT2D eigenvalue weighted by atomic mass is 10.2. The Kier molecular flexibility index (Phi) is 3.03. The Hall–Kier alpha value is -1.63. The van der Waals surface area contributed by atoms with Crippen LogP contribution in [0.1, 0.15) is 17.7 Å². The van der Waals surface area contributed by atoms with Crippen LogP contribution in [0.2, 0.25) is 0 Å². The van der Waals surface area contributed by atoms with E-state index in [2.05, 4.69) is 4.98 Å². The van der Waals surface area contributed by atoms with Crippen molar-refractivity contribution in [3.8, 4) is 0 Å². The van der Waals surface area contributed by atoms with Gasteiger partial charge in [0.15, 0.2) is 5.69 Å². The van der Waals surface area contributed by atoms with E-state index in [-0.39, 0.29) is 12.2 Å². The van der Waals surface area contributed by atoms with Crippen LogP contribution in [0.15, 0.2) is 12.1 Å². The molecule has 0 aliphatic carbocycles. The van der Waals surface area contributed by atoms with Crippen LogP contribution in [-0.2, 0) is 6.54 Å². The number of nitro groups is 1. The number of nitrogens with zero attached hydrogens (tertiary/aromatic N) is 2. The zero-order chi connectivity index (χ0) is 10.7. The van der Waals surface area contributed by atoms with Gasteiger partial charge in [-0.05, 0) is 22.0 Å². The van der Waals surface area contributed by atoms with E-state index in [1.54, 1.807) is 0 Å².